The molecule has 29 heavy (non-hydrogen) atoms. The molecule has 2 fully saturated rings. The summed E-state index contributed by atoms with van der Waals surface area (Å²) in [5.74, 6) is -1.79. The molecule has 0 bridgehead atoms. The summed E-state index contributed by atoms with van der Waals surface area (Å²) in [5, 5.41) is 19.6. The molecule has 1 aromatic rings. The number of β-amino-alcohol motifs (C(OH)–C–C–N with tert-alkyl or cyclic N) is 1. The molecule has 6 nitrogen and oxygen atoms in total. The molecule has 0 amide bonds. The van der Waals surface area contributed by atoms with Gasteiger partial charge in [0.2, 0.25) is 0 Å². The zero-order valence-corrected chi connectivity index (χ0v) is 16.9. The van der Waals surface area contributed by atoms with E-state index in [-0.39, 0.29) is 19.4 Å². The molecule has 2 N–H and O–H groups in total. The van der Waals surface area contributed by atoms with Gasteiger partial charge in [-0.1, -0.05) is 12.1 Å². The molecule has 1 unspecified atom stereocenters. The number of aliphatic hydroxyl groups is 2. The van der Waals surface area contributed by atoms with Crippen LogP contribution in [0.5, 0.6) is 5.75 Å². The molecule has 2 aliphatic heterocycles. The first-order chi connectivity index (χ1) is 13.9. The maximum Gasteiger partial charge on any atom is 0.250 e. The molecule has 2 saturated heterocycles. The van der Waals surface area contributed by atoms with Crippen LogP contribution in [0.2, 0.25) is 0 Å². The second-order valence-electron chi connectivity index (χ2n) is 8.15. The van der Waals surface area contributed by atoms with Crippen molar-refractivity contribution in [1.82, 2.24) is 9.80 Å². The Morgan fingerprint density at radius 2 is 1.62 bits per heavy atom. The zero-order valence-electron chi connectivity index (χ0n) is 16.9. The maximum atomic E-state index is 13.3. The lowest BCUT2D eigenvalue weighted by atomic mass is 10.00. The van der Waals surface area contributed by atoms with Gasteiger partial charge >= 0.3 is 0 Å². The first-order valence-corrected chi connectivity index (χ1v) is 10.3. The monoisotopic (exact) mass is 414 g/mol. The molecular weight excluding hydrogens is 382 g/mol. The lowest BCUT2D eigenvalue weighted by Gasteiger charge is -2.36. The summed E-state index contributed by atoms with van der Waals surface area (Å²) < 4.78 is 37.4. The van der Waals surface area contributed by atoms with E-state index < -0.39 is 11.5 Å². The van der Waals surface area contributed by atoms with Crippen LogP contribution in [0.3, 0.4) is 0 Å². The summed E-state index contributed by atoms with van der Waals surface area (Å²) in [6, 6.07) is 7.84. The number of nitrogens with zero attached hydrogens (tertiary/aromatic N) is 2. The van der Waals surface area contributed by atoms with E-state index in [1.165, 1.54) is 0 Å². The Morgan fingerprint density at radius 3 is 2.31 bits per heavy atom. The van der Waals surface area contributed by atoms with Crippen molar-refractivity contribution in [2.75, 3.05) is 59.2 Å². The number of alkyl halides is 2. The summed E-state index contributed by atoms with van der Waals surface area (Å²) in [5.41, 5.74) is 0.306. The van der Waals surface area contributed by atoms with Crippen molar-refractivity contribution in [1.29, 1.82) is 0 Å². The van der Waals surface area contributed by atoms with Crippen LogP contribution in [0.25, 0.3) is 0 Å². The number of halogens is 2. The van der Waals surface area contributed by atoms with E-state index in [1.807, 2.05) is 29.2 Å². The van der Waals surface area contributed by atoms with Gasteiger partial charge in [0.05, 0.1) is 25.4 Å². The van der Waals surface area contributed by atoms with Crippen LogP contribution in [0.1, 0.15) is 24.8 Å². The summed E-state index contributed by atoms with van der Waals surface area (Å²) in [7, 11) is 0. The van der Waals surface area contributed by atoms with Crippen LogP contribution in [-0.2, 0) is 11.3 Å². The summed E-state index contributed by atoms with van der Waals surface area (Å²) in [6.45, 7) is 4.43. The van der Waals surface area contributed by atoms with E-state index in [4.69, 9.17) is 14.6 Å². The predicted molar refractivity (Wildman–Crippen MR) is 105 cm³/mol. The largest absolute Gasteiger partial charge is 0.491 e. The van der Waals surface area contributed by atoms with Gasteiger partial charge < -0.3 is 19.7 Å². The van der Waals surface area contributed by atoms with Crippen molar-refractivity contribution >= 4 is 0 Å². The number of hydrogen-bond acceptors (Lipinski definition) is 6. The fraction of sp³-hybridized carbons (Fsp3) is 0.714. The summed E-state index contributed by atoms with van der Waals surface area (Å²) in [4.78, 5) is 4.18. The standard InChI is InChI=1S/C21H32F2N2O4/c22-21(23)6-9-24(10-7-21)16-20(27)5-8-25(17-20)15-18-1-3-19(4-2-18)29-14-13-28-12-11-26/h1-4,26-27H,5-17H2. The van der Waals surface area contributed by atoms with Crippen molar-refractivity contribution in [2.45, 2.75) is 37.3 Å². The van der Waals surface area contributed by atoms with Crippen molar-refractivity contribution in [3.63, 3.8) is 0 Å². The van der Waals surface area contributed by atoms with Gasteiger partial charge in [0.1, 0.15) is 12.4 Å². The van der Waals surface area contributed by atoms with E-state index in [2.05, 4.69) is 4.90 Å². The number of likely N-dealkylation sites (tertiary alicyclic amines) is 2. The number of ether oxygens (including phenoxy) is 2. The van der Waals surface area contributed by atoms with Crippen molar-refractivity contribution < 1.29 is 28.5 Å². The minimum Gasteiger partial charge on any atom is -0.491 e. The molecule has 2 aliphatic rings. The van der Waals surface area contributed by atoms with Crippen LogP contribution in [-0.4, -0.2) is 90.7 Å². The molecule has 8 heteroatoms. The average molecular weight is 414 g/mol. The van der Waals surface area contributed by atoms with Gasteiger partial charge in [-0.25, -0.2) is 8.78 Å². The smallest absolute Gasteiger partial charge is 0.250 e. The highest BCUT2D eigenvalue weighted by Gasteiger charge is 2.40. The highest BCUT2D eigenvalue weighted by molar-refractivity contribution is 5.27. The van der Waals surface area contributed by atoms with E-state index >= 15 is 0 Å². The molecule has 0 radical (unpaired) electrons. The third-order valence-corrected chi connectivity index (χ3v) is 5.58. The minimum absolute atomic E-state index is 0.00823. The molecule has 1 atom stereocenters. The Bertz CT molecular complexity index is 622. The Hall–Kier alpha value is -1.32. The fourth-order valence-electron chi connectivity index (χ4n) is 3.99. The first kappa shape index (κ1) is 22.4. The Labute approximate surface area is 171 Å². The zero-order chi connectivity index (χ0) is 20.7. The van der Waals surface area contributed by atoms with Crippen LogP contribution < -0.4 is 4.74 Å². The Kier molecular flexibility index (Phi) is 7.81. The van der Waals surface area contributed by atoms with E-state index in [0.717, 1.165) is 24.4 Å². The second-order valence-corrected chi connectivity index (χ2v) is 8.15. The van der Waals surface area contributed by atoms with Gasteiger partial charge in [-0.15, -0.1) is 0 Å². The van der Waals surface area contributed by atoms with Gasteiger partial charge in [-0.3, -0.25) is 9.80 Å². The highest BCUT2D eigenvalue weighted by atomic mass is 19.3. The van der Waals surface area contributed by atoms with E-state index in [0.29, 0.717) is 52.4 Å². The van der Waals surface area contributed by atoms with E-state index in [9.17, 15) is 13.9 Å². The normalized spacial score (nSPS) is 25.4. The lowest BCUT2D eigenvalue weighted by molar-refractivity contribution is -0.0724. The predicted octanol–water partition coefficient (Wildman–Crippen LogP) is 1.74. The third-order valence-electron chi connectivity index (χ3n) is 5.58. The van der Waals surface area contributed by atoms with Gasteiger partial charge in [0.25, 0.3) is 5.92 Å². The van der Waals surface area contributed by atoms with Crippen LogP contribution >= 0.6 is 0 Å². The topological polar surface area (TPSA) is 65.4 Å². The molecule has 0 saturated carbocycles. The molecule has 1 aromatic carbocycles. The molecule has 2 heterocycles. The van der Waals surface area contributed by atoms with Crippen LogP contribution in [0.15, 0.2) is 24.3 Å². The molecule has 3 rings (SSSR count). The summed E-state index contributed by atoms with van der Waals surface area (Å²) in [6.07, 6.45) is 0.429. The highest BCUT2D eigenvalue weighted by Crippen LogP contribution is 2.30. The average Bonchev–Trinajstić information content (AvgIpc) is 3.05. The number of rotatable bonds is 10. The SMILES string of the molecule is OCCOCCOc1ccc(CN2CCC(O)(CN3CCC(F)(F)CC3)C2)cc1. The fourth-order valence-corrected chi connectivity index (χ4v) is 3.99. The van der Waals surface area contributed by atoms with Crippen molar-refractivity contribution in [3.05, 3.63) is 29.8 Å². The molecule has 0 aromatic heterocycles. The molecule has 0 aliphatic carbocycles. The van der Waals surface area contributed by atoms with E-state index in [1.54, 1.807) is 0 Å². The van der Waals surface area contributed by atoms with Gasteiger partial charge in [-0.05, 0) is 24.1 Å². The first-order valence-electron chi connectivity index (χ1n) is 10.3. The number of piperidine rings is 1. The minimum atomic E-state index is -2.55. The Morgan fingerprint density at radius 1 is 0.931 bits per heavy atom. The van der Waals surface area contributed by atoms with Gasteiger partial charge in [-0.2, -0.15) is 0 Å². The molecule has 0 spiro atoms. The Balaban J connectivity index is 1.40. The second kappa shape index (κ2) is 10.1. The molecule has 164 valence electrons. The van der Waals surface area contributed by atoms with Gasteiger partial charge in [0.15, 0.2) is 0 Å². The molecular formula is C21H32F2N2O4. The van der Waals surface area contributed by atoms with Crippen LogP contribution in [0.4, 0.5) is 8.78 Å². The number of benzene rings is 1. The number of aliphatic hydroxyl groups excluding tert-OH is 1. The van der Waals surface area contributed by atoms with Gasteiger partial charge in [0, 0.05) is 52.1 Å². The van der Waals surface area contributed by atoms with Crippen molar-refractivity contribution in [3.8, 4) is 5.75 Å². The lowest BCUT2D eigenvalue weighted by Crippen LogP contribution is -2.49. The van der Waals surface area contributed by atoms with Crippen molar-refractivity contribution in [2.24, 2.45) is 0 Å². The summed E-state index contributed by atoms with van der Waals surface area (Å²) >= 11 is 0. The number of hydrogen-bond donors (Lipinski definition) is 2. The maximum absolute atomic E-state index is 13.3. The quantitative estimate of drug-likeness (QED) is 0.569. The third kappa shape index (κ3) is 7.15. The van der Waals surface area contributed by atoms with Crippen LogP contribution in [0, 0.1) is 0 Å².